The van der Waals surface area contributed by atoms with Crippen LogP contribution in [0.25, 0.3) is 0 Å². The third-order valence-corrected chi connectivity index (χ3v) is 3.53. The molecule has 2 aromatic rings. The Bertz CT molecular complexity index is 578. The average Bonchev–Trinajstić information content (AvgIpc) is 2.42. The van der Waals surface area contributed by atoms with E-state index in [2.05, 4.69) is 5.32 Å². The number of benzene rings is 2. The molecule has 0 bridgehead atoms. The number of nitrogens with one attached hydrogen (secondary N) is 1. The number of halogens is 2. The molecule has 20 heavy (non-hydrogen) atoms. The normalized spacial score (nSPS) is 11.9. The van der Waals surface area contributed by atoms with Crippen molar-refractivity contribution in [3.05, 3.63) is 69.7 Å². The molecule has 0 aromatic heterocycles. The summed E-state index contributed by atoms with van der Waals surface area (Å²) in [6, 6.07) is 14.7. The van der Waals surface area contributed by atoms with Gasteiger partial charge in [0, 0.05) is 10.0 Å². The lowest BCUT2D eigenvalue weighted by Gasteiger charge is -2.14. The topological polar surface area (TPSA) is 29.1 Å². The maximum absolute atomic E-state index is 12.0. The van der Waals surface area contributed by atoms with Crippen LogP contribution in [0, 0.1) is 0 Å². The van der Waals surface area contributed by atoms with Crippen LogP contribution in [-0.4, -0.2) is 5.91 Å². The minimum Gasteiger partial charge on any atom is -0.349 e. The SMILES string of the molecule is C[C@H](NC(=O)Cc1ccc(Cl)cc1)c1ccc(Cl)cc1. The molecule has 0 radical (unpaired) electrons. The van der Waals surface area contributed by atoms with Crippen LogP contribution in [0.2, 0.25) is 10.0 Å². The van der Waals surface area contributed by atoms with E-state index >= 15 is 0 Å². The van der Waals surface area contributed by atoms with E-state index in [0.29, 0.717) is 16.5 Å². The van der Waals surface area contributed by atoms with E-state index in [4.69, 9.17) is 23.2 Å². The third-order valence-electron chi connectivity index (χ3n) is 3.03. The van der Waals surface area contributed by atoms with Crippen molar-refractivity contribution in [2.75, 3.05) is 0 Å². The van der Waals surface area contributed by atoms with Gasteiger partial charge in [0.05, 0.1) is 12.5 Å². The molecular weight excluding hydrogens is 293 g/mol. The Balaban J connectivity index is 1.93. The van der Waals surface area contributed by atoms with Crippen molar-refractivity contribution in [2.24, 2.45) is 0 Å². The molecule has 1 amide bonds. The second kappa shape index (κ2) is 6.78. The van der Waals surface area contributed by atoms with Crippen LogP contribution in [0.5, 0.6) is 0 Å². The third kappa shape index (κ3) is 4.26. The zero-order valence-electron chi connectivity index (χ0n) is 11.1. The van der Waals surface area contributed by atoms with E-state index in [1.165, 1.54) is 0 Å². The highest BCUT2D eigenvalue weighted by Gasteiger charge is 2.10. The van der Waals surface area contributed by atoms with Gasteiger partial charge in [0.1, 0.15) is 0 Å². The van der Waals surface area contributed by atoms with Crippen LogP contribution in [-0.2, 0) is 11.2 Å². The largest absolute Gasteiger partial charge is 0.349 e. The summed E-state index contributed by atoms with van der Waals surface area (Å²) < 4.78 is 0. The zero-order valence-corrected chi connectivity index (χ0v) is 12.6. The number of hydrogen-bond donors (Lipinski definition) is 1. The van der Waals surface area contributed by atoms with Gasteiger partial charge < -0.3 is 5.32 Å². The second-order valence-electron chi connectivity index (χ2n) is 4.64. The van der Waals surface area contributed by atoms with Gasteiger partial charge in [-0.2, -0.15) is 0 Å². The van der Waals surface area contributed by atoms with E-state index in [-0.39, 0.29) is 11.9 Å². The lowest BCUT2D eigenvalue weighted by Crippen LogP contribution is -2.28. The summed E-state index contributed by atoms with van der Waals surface area (Å²) in [7, 11) is 0. The number of hydrogen-bond acceptors (Lipinski definition) is 1. The average molecular weight is 308 g/mol. The number of rotatable bonds is 4. The molecule has 104 valence electrons. The van der Waals surface area contributed by atoms with Gasteiger partial charge in [-0.05, 0) is 42.3 Å². The van der Waals surface area contributed by atoms with Crippen LogP contribution < -0.4 is 5.32 Å². The molecule has 0 aliphatic heterocycles. The Kier molecular flexibility index (Phi) is 5.05. The fourth-order valence-corrected chi connectivity index (χ4v) is 2.17. The summed E-state index contributed by atoms with van der Waals surface area (Å²) in [5, 5.41) is 4.32. The summed E-state index contributed by atoms with van der Waals surface area (Å²) >= 11 is 11.7. The first-order valence-corrected chi connectivity index (χ1v) is 7.09. The van der Waals surface area contributed by atoms with Crippen LogP contribution >= 0.6 is 23.2 Å². The van der Waals surface area contributed by atoms with E-state index in [9.17, 15) is 4.79 Å². The highest BCUT2D eigenvalue weighted by Crippen LogP contribution is 2.16. The number of carbonyl (C=O) groups is 1. The van der Waals surface area contributed by atoms with Gasteiger partial charge in [0.15, 0.2) is 0 Å². The van der Waals surface area contributed by atoms with Gasteiger partial charge in [0.2, 0.25) is 5.91 Å². The van der Waals surface area contributed by atoms with Gasteiger partial charge in [-0.25, -0.2) is 0 Å². The lowest BCUT2D eigenvalue weighted by atomic mass is 10.1. The summed E-state index contributed by atoms with van der Waals surface area (Å²) in [4.78, 5) is 12.0. The minimum atomic E-state index is -0.0490. The van der Waals surface area contributed by atoms with E-state index in [1.54, 1.807) is 12.1 Å². The summed E-state index contributed by atoms with van der Waals surface area (Å²) in [6.45, 7) is 1.95. The minimum absolute atomic E-state index is 0.0187. The van der Waals surface area contributed by atoms with Crippen molar-refractivity contribution in [3.63, 3.8) is 0 Å². The second-order valence-corrected chi connectivity index (χ2v) is 5.52. The smallest absolute Gasteiger partial charge is 0.224 e. The van der Waals surface area contributed by atoms with Gasteiger partial charge in [-0.3, -0.25) is 4.79 Å². The fraction of sp³-hybridized carbons (Fsp3) is 0.188. The Morgan fingerprint density at radius 1 is 1.00 bits per heavy atom. The van der Waals surface area contributed by atoms with Crippen molar-refractivity contribution >= 4 is 29.1 Å². The fourth-order valence-electron chi connectivity index (χ4n) is 1.91. The van der Waals surface area contributed by atoms with Crippen molar-refractivity contribution in [1.82, 2.24) is 5.32 Å². The van der Waals surface area contributed by atoms with Crippen LogP contribution in [0.4, 0.5) is 0 Å². The van der Waals surface area contributed by atoms with Crippen molar-refractivity contribution in [2.45, 2.75) is 19.4 Å². The summed E-state index contributed by atoms with van der Waals surface area (Å²) in [6.07, 6.45) is 0.342. The molecule has 1 atom stereocenters. The molecule has 0 heterocycles. The van der Waals surface area contributed by atoms with E-state index in [1.807, 2.05) is 43.3 Å². The Hall–Kier alpha value is -1.51. The highest BCUT2D eigenvalue weighted by molar-refractivity contribution is 6.30. The first kappa shape index (κ1) is 14.9. The molecule has 0 saturated heterocycles. The van der Waals surface area contributed by atoms with Crippen molar-refractivity contribution < 1.29 is 4.79 Å². The summed E-state index contributed by atoms with van der Waals surface area (Å²) in [5.74, 6) is -0.0187. The zero-order chi connectivity index (χ0) is 14.5. The lowest BCUT2D eigenvalue weighted by molar-refractivity contribution is -0.121. The number of carbonyl (C=O) groups excluding carboxylic acids is 1. The maximum Gasteiger partial charge on any atom is 0.224 e. The van der Waals surface area contributed by atoms with Crippen LogP contribution in [0.3, 0.4) is 0 Å². The molecule has 0 spiro atoms. The quantitative estimate of drug-likeness (QED) is 0.890. The van der Waals surface area contributed by atoms with Gasteiger partial charge in [0.25, 0.3) is 0 Å². The Labute approximate surface area is 128 Å². The Morgan fingerprint density at radius 3 is 2.05 bits per heavy atom. The first-order chi connectivity index (χ1) is 9.54. The van der Waals surface area contributed by atoms with Gasteiger partial charge in [-0.15, -0.1) is 0 Å². The van der Waals surface area contributed by atoms with Crippen molar-refractivity contribution in [1.29, 1.82) is 0 Å². The molecule has 4 heteroatoms. The predicted octanol–water partition coefficient (Wildman–Crippen LogP) is 4.41. The standard InChI is InChI=1S/C16H15Cl2NO/c1-11(13-4-8-15(18)9-5-13)19-16(20)10-12-2-6-14(17)7-3-12/h2-9,11H,10H2,1H3,(H,19,20)/t11-/m0/s1. The molecular formula is C16H15Cl2NO. The molecule has 0 aliphatic rings. The molecule has 0 saturated carbocycles. The molecule has 2 aromatic carbocycles. The van der Waals surface area contributed by atoms with Gasteiger partial charge in [-0.1, -0.05) is 47.5 Å². The van der Waals surface area contributed by atoms with Crippen molar-refractivity contribution in [3.8, 4) is 0 Å². The van der Waals surface area contributed by atoms with E-state index in [0.717, 1.165) is 11.1 Å². The highest BCUT2D eigenvalue weighted by atomic mass is 35.5. The molecule has 0 aliphatic carbocycles. The molecule has 2 nitrogen and oxygen atoms in total. The van der Waals surface area contributed by atoms with Crippen LogP contribution in [0.15, 0.2) is 48.5 Å². The number of amides is 1. The first-order valence-electron chi connectivity index (χ1n) is 6.34. The Morgan fingerprint density at radius 2 is 1.50 bits per heavy atom. The van der Waals surface area contributed by atoms with Gasteiger partial charge >= 0.3 is 0 Å². The van der Waals surface area contributed by atoms with Crippen LogP contribution in [0.1, 0.15) is 24.1 Å². The molecule has 2 rings (SSSR count). The molecule has 0 fully saturated rings. The summed E-state index contributed by atoms with van der Waals surface area (Å²) in [5.41, 5.74) is 1.97. The monoisotopic (exact) mass is 307 g/mol. The predicted molar refractivity (Wildman–Crippen MR) is 83.2 cm³/mol. The molecule has 1 N–H and O–H groups in total. The van der Waals surface area contributed by atoms with E-state index < -0.39 is 0 Å². The maximum atomic E-state index is 12.0. The molecule has 0 unspecified atom stereocenters.